The van der Waals surface area contributed by atoms with Crippen LogP contribution in [0.2, 0.25) is 0 Å². The summed E-state index contributed by atoms with van der Waals surface area (Å²) in [5, 5.41) is 2.46. The summed E-state index contributed by atoms with van der Waals surface area (Å²) in [5.74, 6) is 0.279. The Bertz CT molecular complexity index is 976. The minimum absolute atomic E-state index is 0.00627. The summed E-state index contributed by atoms with van der Waals surface area (Å²) in [6, 6.07) is 12.5. The van der Waals surface area contributed by atoms with Crippen LogP contribution in [0.25, 0.3) is 0 Å². The quantitative estimate of drug-likeness (QED) is 0.372. The number of hydrogen-bond acceptors (Lipinski definition) is 5. The van der Waals surface area contributed by atoms with Crippen molar-refractivity contribution in [2.45, 2.75) is 39.5 Å². The monoisotopic (exact) mass is 521 g/mol. The van der Waals surface area contributed by atoms with Crippen molar-refractivity contribution in [2.24, 2.45) is 0 Å². The topological polar surface area (TPSA) is 88.7 Å². The van der Waals surface area contributed by atoms with E-state index in [0.717, 1.165) is 16.5 Å². The van der Waals surface area contributed by atoms with E-state index >= 15 is 0 Å². The molecular weight excluding hydrogens is 494 g/mol. The fourth-order valence-electron chi connectivity index (χ4n) is 2.54. The molecule has 0 saturated carbocycles. The highest BCUT2D eigenvalue weighted by atomic mass is 79.9. The summed E-state index contributed by atoms with van der Waals surface area (Å²) in [6.07, 6.45) is 0.868. The lowest BCUT2D eigenvalue weighted by molar-refractivity contribution is -0.123. The Balaban J connectivity index is 1.79. The van der Waals surface area contributed by atoms with Crippen LogP contribution in [0.15, 0.2) is 46.9 Å². The van der Waals surface area contributed by atoms with Gasteiger partial charge in [0, 0.05) is 5.56 Å². The van der Waals surface area contributed by atoms with Gasteiger partial charge in [0.15, 0.2) is 11.7 Å². The number of amides is 2. The highest BCUT2D eigenvalue weighted by Gasteiger charge is 2.16. The first-order chi connectivity index (χ1) is 15.1. The predicted molar refractivity (Wildman–Crippen MR) is 132 cm³/mol. The zero-order valence-electron chi connectivity index (χ0n) is 18.6. The number of ether oxygens (including phenoxy) is 2. The third-order valence-electron chi connectivity index (χ3n) is 4.27. The van der Waals surface area contributed by atoms with E-state index in [9.17, 15) is 9.59 Å². The number of hydrogen-bond donors (Lipinski definition) is 3. The summed E-state index contributed by atoms with van der Waals surface area (Å²) >= 11 is 8.53. The van der Waals surface area contributed by atoms with Gasteiger partial charge < -0.3 is 9.47 Å². The van der Waals surface area contributed by atoms with E-state index in [1.807, 2.05) is 25.1 Å². The van der Waals surface area contributed by atoms with E-state index in [1.54, 1.807) is 24.3 Å². The molecule has 2 aromatic carbocycles. The van der Waals surface area contributed by atoms with Crippen LogP contribution in [0.5, 0.6) is 11.5 Å². The largest absolute Gasteiger partial charge is 0.494 e. The number of carbonyl (C=O) groups excluding carboxylic acids is 2. The Labute approximate surface area is 202 Å². The summed E-state index contributed by atoms with van der Waals surface area (Å²) in [6.45, 7) is 8.69. The second-order valence-corrected chi connectivity index (χ2v) is 9.28. The first-order valence-corrected chi connectivity index (χ1v) is 11.4. The van der Waals surface area contributed by atoms with Crippen LogP contribution in [0.4, 0.5) is 0 Å². The van der Waals surface area contributed by atoms with Crippen LogP contribution in [0, 0.1) is 0 Å². The number of benzene rings is 2. The Morgan fingerprint density at radius 3 is 2.47 bits per heavy atom. The van der Waals surface area contributed by atoms with E-state index < -0.39 is 11.8 Å². The molecule has 0 radical (unpaired) electrons. The van der Waals surface area contributed by atoms with Crippen molar-refractivity contribution in [1.29, 1.82) is 0 Å². The minimum atomic E-state index is -0.455. The molecule has 3 N–H and O–H groups in total. The van der Waals surface area contributed by atoms with E-state index in [-0.39, 0.29) is 17.1 Å². The molecule has 2 amide bonds. The number of nitrogens with one attached hydrogen (secondary N) is 3. The third-order valence-corrected chi connectivity index (χ3v) is 5.09. The van der Waals surface area contributed by atoms with Gasteiger partial charge in [0.25, 0.3) is 11.8 Å². The molecule has 172 valence electrons. The molecule has 0 atom stereocenters. The first-order valence-electron chi connectivity index (χ1n) is 10.2. The van der Waals surface area contributed by atoms with E-state index in [0.29, 0.717) is 23.7 Å². The van der Waals surface area contributed by atoms with Gasteiger partial charge in [-0.05, 0) is 75.9 Å². The molecule has 0 spiro atoms. The normalized spacial score (nSPS) is 10.8. The lowest BCUT2D eigenvalue weighted by Gasteiger charge is -2.20. The Morgan fingerprint density at radius 2 is 1.81 bits per heavy atom. The second kappa shape index (κ2) is 11.8. The van der Waals surface area contributed by atoms with E-state index in [4.69, 9.17) is 21.7 Å². The molecular formula is C23H28BrN3O4S. The predicted octanol–water partition coefficient (Wildman–Crippen LogP) is 4.25. The molecule has 0 saturated heterocycles. The first kappa shape index (κ1) is 25.6. The molecule has 0 heterocycles. The van der Waals surface area contributed by atoms with Crippen molar-refractivity contribution in [3.05, 3.63) is 58.1 Å². The van der Waals surface area contributed by atoms with Gasteiger partial charge in [0.2, 0.25) is 0 Å². The minimum Gasteiger partial charge on any atom is -0.494 e. The van der Waals surface area contributed by atoms with Crippen molar-refractivity contribution >= 4 is 45.1 Å². The van der Waals surface area contributed by atoms with Crippen LogP contribution in [0.3, 0.4) is 0 Å². The Kier molecular flexibility index (Phi) is 9.46. The lowest BCUT2D eigenvalue weighted by Crippen LogP contribution is -2.49. The van der Waals surface area contributed by atoms with E-state index in [1.165, 1.54) is 0 Å². The van der Waals surface area contributed by atoms with Crippen molar-refractivity contribution in [3.8, 4) is 11.5 Å². The van der Waals surface area contributed by atoms with Crippen molar-refractivity contribution in [2.75, 3.05) is 13.2 Å². The number of halogens is 1. The third kappa shape index (κ3) is 8.12. The molecule has 7 nitrogen and oxygen atoms in total. The number of hydrazine groups is 1. The van der Waals surface area contributed by atoms with Crippen molar-refractivity contribution < 1.29 is 19.1 Å². The molecule has 2 aromatic rings. The smallest absolute Gasteiger partial charge is 0.276 e. The van der Waals surface area contributed by atoms with E-state index in [2.05, 4.69) is 52.9 Å². The molecule has 2 rings (SSSR count). The SMILES string of the molecule is CCCOc1cccc(C(=O)NC(=S)NNC(=O)COc2ccc(C(C)(C)C)cc2Br)c1. The average molecular weight is 522 g/mol. The summed E-state index contributed by atoms with van der Waals surface area (Å²) < 4.78 is 11.8. The molecule has 0 aliphatic rings. The zero-order valence-corrected chi connectivity index (χ0v) is 21.0. The molecule has 0 unspecified atom stereocenters. The Morgan fingerprint density at radius 1 is 1.06 bits per heavy atom. The molecule has 32 heavy (non-hydrogen) atoms. The highest BCUT2D eigenvalue weighted by Crippen LogP contribution is 2.31. The maximum atomic E-state index is 12.3. The second-order valence-electron chi connectivity index (χ2n) is 8.02. The Hall–Kier alpha value is -2.65. The summed E-state index contributed by atoms with van der Waals surface area (Å²) in [4.78, 5) is 24.4. The summed E-state index contributed by atoms with van der Waals surface area (Å²) in [7, 11) is 0. The number of carbonyl (C=O) groups is 2. The highest BCUT2D eigenvalue weighted by molar-refractivity contribution is 9.10. The van der Waals surface area contributed by atoms with Crippen LogP contribution >= 0.6 is 28.1 Å². The maximum Gasteiger partial charge on any atom is 0.276 e. The van der Waals surface area contributed by atoms with Crippen LogP contribution in [0.1, 0.15) is 50.0 Å². The maximum absolute atomic E-state index is 12.3. The van der Waals surface area contributed by atoms with Gasteiger partial charge in [-0.15, -0.1) is 0 Å². The molecule has 9 heteroatoms. The molecule has 0 bridgehead atoms. The molecule has 0 aliphatic carbocycles. The van der Waals surface area contributed by atoms with Crippen LogP contribution < -0.4 is 25.6 Å². The fraction of sp³-hybridized carbons (Fsp3) is 0.348. The summed E-state index contributed by atoms with van der Waals surface area (Å²) in [5.41, 5.74) is 6.42. The van der Waals surface area contributed by atoms with Gasteiger partial charge in [-0.2, -0.15) is 0 Å². The van der Waals surface area contributed by atoms with Gasteiger partial charge in [-0.3, -0.25) is 25.8 Å². The average Bonchev–Trinajstić information content (AvgIpc) is 2.74. The van der Waals surface area contributed by atoms with Crippen molar-refractivity contribution in [1.82, 2.24) is 16.2 Å². The van der Waals surface area contributed by atoms with Gasteiger partial charge in [-0.1, -0.05) is 39.8 Å². The molecule has 0 aliphatic heterocycles. The van der Waals surface area contributed by atoms with Gasteiger partial charge in [-0.25, -0.2) is 0 Å². The molecule has 0 fully saturated rings. The molecule has 0 aromatic heterocycles. The van der Waals surface area contributed by atoms with Crippen molar-refractivity contribution in [3.63, 3.8) is 0 Å². The van der Waals surface area contributed by atoms with Gasteiger partial charge in [0.1, 0.15) is 11.5 Å². The number of thiocarbonyl (C=S) groups is 1. The lowest BCUT2D eigenvalue weighted by atomic mass is 9.87. The zero-order chi connectivity index (χ0) is 23.7. The fourth-order valence-corrected chi connectivity index (χ4v) is 3.18. The van der Waals surface area contributed by atoms with Gasteiger partial charge in [0.05, 0.1) is 11.1 Å². The standard InChI is InChI=1S/C23H28BrN3O4S/c1-5-11-30-17-8-6-7-15(12-17)21(29)25-22(32)27-26-20(28)14-31-19-10-9-16(13-18(19)24)23(2,3)4/h6-10,12-13H,5,11,14H2,1-4H3,(H,26,28)(H2,25,27,29,32). The van der Waals surface area contributed by atoms with Crippen LogP contribution in [-0.4, -0.2) is 30.1 Å². The van der Waals surface area contributed by atoms with Crippen LogP contribution in [-0.2, 0) is 10.2 Å². The van der Waals surface area contributed by atoms with Gasteiger partial charge >= 0.3 is 0 Å². The number of rotatable bonds is 7.